The molecule has 1 aliphatic rings. The van der Waals surface area contributed by atoms with Crippen LogP contribution in [0, 0.1) is 11.3 Å². The number of Topliss-reactive ketones (excluding diaryl/α,β-unsaturated/α-hetero) is 1. The smallest absolute Gasteiger partial charge is 0.163 e. The van der Waals surface area contributed by atoms with Crippen LogP contribution >= 0.6 is 0 Å². The predicted octanol–water partition coefficient (Wildman–Crippen LogP) is 0.864. The van der Waals surface area contributed by atoms with Gasteiger partial charge >= 0.3 is 0 Å². The number of aliphatic hydroxyl groups excluding tert-OH is 3. The fourth-order valence-electron chi connectivity index (χ4n) is 2.37. The Bertz CT molecular complexity index is 349. The van der Waals surface area contributed by atoms with E-state index < -0.39 is 24.6 Å². The van der Waals surface area contributed by atoms with E-state index in [-0.39, 0.29) is 23.7 Å². The predicted molar refractivity (Wildman–Crippen MR) is 81.2 cm³/mol. The molecule has 1 aliphatic heterocycles. The van der Waals surface area contributed by atoms with Crippen molar-refractivity contribution in [1.29, 1.82) is 0 Å². The van der Waals surface area contributed by atoms with Crippen LogP contribution in [0.4, 0.5) is 0 Å². The Labute approximate surface area is 132 Å². The zero-order valence-corrected chi connectivity index (χ0v) is 14.0. The van der Waals surface area contributed by atoms with E-state index >= 15 is 0 Å². The van der Waals surface area contributed by atoms with E-state index in [9.17, 15) is 15.0 Å². The second-order valence-corrected chi connectivity index (χ2v) is 7.07. The van der Waals surface area contributed by atoms with Crippen molar-refractivity contribution in [3.05, 3.63) is 0 Å². The summed E-state index contributed by atoms with van der Waals surface area (Å²) in [6.07, 6.45) is -1.60. The summed E-state index contributed by atoms with van der Waals surface area (Å²) in [6.45, 7) is 7.49. The van der Waals surface area contributed by atoms with E-state index in [1.54, 1.807) is 6.92 Å². The summed E-state index contributed by atoms with van der Waals surface area (Å²) >= 11 is 0. The first-order valence-electron chi connectivity index (χ1n) is 7.96. The zero-order chi connectivity index (χ0) is 16.9. The highest BCUT2D eigenvalue weighted by Crippen LogP contribution is 2.27. The molecule has 5 atom stereocenters. The summed E-state index contributed by atoms with van der Waals surface area (Å²) in [7, 11) is 0. The van der Waals surface area contributed by atoms with Crippen LogP contribution in [-0.2, 0) is 14.3 Å². The maximum absolute atomic E-state index is 11.8. The van der Waals surface area contributed by atoms with Crippen LogP contribution < -0.4 is 0 Å². The van der Waals surface area contributed by atoms with Gasteiger partial charge in [0.15, 0.2) is 6.29 Å². The monoisotopic (exact) mass is 318 g/mol. The number of unbranched alkanes of at least 4 members (excludes halogenated alkanes) is 1. The minimum atomic E-state index is -1.11. The average Bonchev–Trinajstić information content (AvgIpc) is 2.45. The molecule has 6 heteroatoms. The topological polar surface area (TPSA) is 96.2 Å². The van der Waals surface area contributed by atoms with Gasteiger partial charge in [0.25, 0.3) is 0 Å². The molecule has 0 aromatic rings. The van der Waals surface area contributed by atoms with Crippen LogP contribution in [-0.4, -0.2) is 58.9 Å². The first kappa shape index (κ1) is 19.5. The summed E-state index contributed by atoms with van der Waals surface area (Å²) in [5, 5.41) is 28.8. The number of rotatable bonds is 7. The summed E-state index contributed by atoms with van der Waals surface area (Å²) < 4.78 is 11.1. The normalized spacial score (nSPS) is 33.0. The molecule has 1 heterocycles. The van der Waals surface area contributed by atoms with Crippen molar-refractivity contribution >= 4 is 5.78 Å². The minimum Gasteiger partial charge on any atom is -0.394 e. The molecule has 0 bridgehead atoms. The van der Waals surface area contributed by atoms with Crippen molar-refractivity contribution in [1.82, 2.24) is 0 Å². The maximum Gasteiger partial charge on any atom is 0.163 e. The number of aliphatic hydroxyl groups is 3. The third kappa shape index (κ3) is 5.28. The summed E-state index contributed by atoms with van der Waals surface area (Å²) in [5.74, 6) is -0.150. The van der Waals surface area contributed by atoms with E-state index in [2.05, 4.69) is 0 Å². The maximum atomic E-state index is 11.8. The Hall–Kier alpha value is -0.530. The number of carbonyl (C=O) groups excluding carboxylic acids is 1. The highest BCUT2D eigenvalue weighted by molar-refractivity contribution is 5.83. The SMILES string of the molecule is C[C@H]1[C@H](OCCCCC(=O)C(C)(C)C)O[C@H](CO)[C@H](O)[C@@H]1O. The lowest BCUT2D eigenvalue weighted by atomic mass is 9.88. The first-order chi connectivity index (χ1) is 10.2. The minimum absolute atomic E-state index is 0.230. The van der Waals surface area contributed by atoms with Crippen molar-refractivity contribution in [2.75, 3.05) is 13.2 Å². The molecule has 1 rings (SSSR count). The third-order valence-electron chi connectivity index (χ3n) is 4.10. The number of ketones is 1. The van der Waals surface area contributed by atoms with Crippen LogP contribution in [0.5, 0.6) is 0 Å². The largest absolute Gasteiger partial charge is 0.394 e. The Balaban J connectivity index is 2.31. The van der Waals surface area contributed by atoms with Gasteiger partial charge in [-0.3, -0.25) is 4.79 Å². The number of ether oxygens (including phenoxy) is 2. The molecule has 0 saturated carbocycles. The average molecular weight is 318 g/mol. The molecule has 0 radical (unpaired) electrons. The molecule has 22 heavy (non-hydrogen) atoms. The molecule has 1 fully saturated rings. The van der Waals surface area contributed by atoms with Crippen molar-refractivity contribution in [3.63, 3.8) is 0 Å². The van der Waals surface area contributed by atoms with Crippen LogP contribution in [0.15, 0.2) is 0 Å². The number of carbonyl (C=O) groups is 1. The molecule has 0 aromatic heterocycles. The summed E-state index contributed by atoms with van der Waals surface area (Å²) in [6, 6.07) is 0. The van der Waals surface area contributed by atoms with Crippen molar-refractivity contribution < 1.29 is 29.6 Å². The molecule has 0 aromatic carbocycles. The molecular weight excluding hydrogens is 288 g/mol. The molecule has 1 saturated heterocycles. The molecule has 130 valence electrons. The van der Waals surface area contributed by atoms with E-state index in [0.29, 0.717) is 13.0 Å². The lowest BCUT2D eigenvalue weighted by molar-refractivity contribution is -0.282. The zero-order valence-electron chi connectivity index (χ0n) is 14.0. The Morgan fingerprint density at radius 1 is 1.18 bits per heavy atom. The second-order valence-electron chi connectivity index (χ2n) is 7.07. The van der Waals surface area contributed by atoms with Crippen LogP contribution in [0.1, 0.15) is 47.0 Å². The molecule has 6 nitrogen and oxygen atoms in total. The number of hydrogen-bond donors (Lipinski definition) is 3. The van der Waals surface area contributed by atoms with Crippen LogP contribution in [0.25, 0.3) is 0 Å². The lowest BCUT2D eigenvalue weighted by Crippen LogP contribution is -2.55. The summed E-state index contributed by atoms with van der Waals surface area (Å²) in [4.78, 5) is 11.8. The standard InChI is InChI=1S/C16H30O6/c1-10-13(19)14(20)11(9-17)22-15(10)21-8-6-5-7-12(18)16(2,3)4/h10-11,13-15,17,19-20H,5-9H2,1-4H3/t10-,11-,13-,14+,15-/m1/s1. The fraction of sp³-hybridized carbons (Fsp3) is 0.938. The molecule has 0 spiro atoms. The molecule has 3 N–H and O–H groups in total. The van der Waals surface area contributed by atoms with Crippen molar-refractivity contribution in [2.24, 2.45) is 11.3 Å². The van der Waals surface area contributed by atoms with E-state index in [4.69, 9.17) is 14.6 Å². The molecule has 0 aliphatic carbocycles. The van der Waals surface area contributed by atoms with Gasteiger partial charge in [-0.1, -0.05) is 27.7 Å². The van der Waals surface area contributed by atoms with Crippen molar-refractivity contribution in [2.45, 2.75) is 71.6 Å². The fourth-order valence-corrected chi connectivity index (χ4v) is 2.37. The van der Waals surface area contributed by atoms with Crippen molar-refractivity contribution in [3.8, 4) is 0 Å². The van der Waals surface area contributed by atoms with Gasteiger partial charge in [0.2, 0.25) is 0 Å². The van der Waals surface area contributed by atoms with Gasteiger partial charge in [0.05, 0.1) is 12.7 Å². The van der Waals surface area contributed by atoms with Gasteiger partial charge in [-0.05, 0) is 12.8 Å². The lowest BCUT2D eigenvalue weighted by Gasteiger charge is -2.40. The first-order valence-corrected chi connectivity index (χ1v) is 7.96. The molecular formula is C16H30O6. The third-order valence-corrected chi connectivity index (χ3v) is 4.10. The van der Waals surface area contributed by atoms with E-state index in [1.807, 2.05) is 20.8 Å². The highest BCUT2D eigenvalue weighted by Gasteiger charge is 2.42. The Kier molecular flexibility index (Phi) is 7.41. The van der Waals surface area contributed by atoms with Gasteiger partial charge in [-0.15, -0.1) is 0 Å². The molecule has 0 unspecified atom stereocenters. The summed E-state index contributed by atoms with van der Waals surface area (Å²) in [5.41, 5.74) is -0.309. The van der Waals surface area contributed by atoms with Gasteiger partial charge in [-0.25, -0.2) is 0 Å². The molecule has 0 amide bonds. The van der Waals surface area contributed by atoms with E-state index in [0.717, 1.165) is 12.8 Å². The second kappa shape index (κ2) is 8.36. The van der Waals surface area contributed by atoms with Gasteiger partial charge in [0.1, 0.15) is 18.0 Å². The quantitative estimate of drug-likeness (QED) is 0.603. The van der Waals surface area contributed by atoms with E-state index in [1.165, 1.54) is 0 Å². The van der Waals surface area contributed by atoms with Gasteiger partial charge in [-0.2, -0.15) is 0 Å². The Morgan fingerprint density at radius 2 is 1.82 bits per heavy atom. The van der Waals surface area contributed by atoms with Crippen LogP contribution in [0.2, 0.25) is 0 Å². The Morgan fingerprint density at radius 3 is 2.36 bits per heavy atom. The number of hydrogen-bond acceptors (Lipinski definition) is 6. The van der Waals surface area contributed by atoms with Gasteiger partial charge in [0, 0.05) is 24.4 Å². The van der Waals surface area contributed by atoms with Crippen LogP contribution in [0.3, 0.4) is 0 Å². The highest BCUT2D eigenvalue weighted by atomic mass is 16.7. The van der Waals surface area contributed by atoms with Gasteiger partial charge < -0.3 is 24.8 Å².